The lowest BCUT2D eigenvalue weighted by molar-refractivity contribution is 0.396. The molecule has 162 valence electrons. The summed E-state index contributed by atoms with van der Waals surface area (Å²) < 4.78 is 2.03. The minimum absolute atomic E-state index is 0.331. The number of nitrogens with one attached hydrogen (secondary N) is 1. The summed E-state index contributed by atoms with van der Waals surface area (Å²) in [6.07, 6.45) is 15.4. The molecule has 1 aliphatic rings. The number of nitrogens with two attached hydrogens (primary N) is 1. The monoisotopic (exact) mass is 426 g/mol. The first kappa shape index (κ1) is 20.3. The lowest BCUT2D eigenvalue weighted by Gasteiger charge is -2.22. The van der Waals surface area contributed by atoms with E-state index in [4.69, 9.17) is 10.7 Å². The number of aromatic nitrogens is 5. The van der Waals surface area contributed by atoms with E-state index in [1.54, 1.807) is 12.4 Å². The second-order valence-electron chi connectivity index (χ2n) is 8.31. The van der Waals surface area contributed by atoms with E-state index in [1.807, 2.05) is 60.4 Å². The second kappa shape index (κ2) is 8.84. The Balaban J connectivity index is 1.40. The van der Waals surface area contributed by atoms with Crippen LogP contribution < -0.4 is 11.1 Å². The number of aryl methyl sites for hydroxylation is 1. The van der Waals surface area contributed by atoms with Gasteiger partial charge in [-0.2, -0.15) is 0 Å². The average molecular weight is 427 g/mol. The summed E-state index contributed by atoms with van der Waals surface area (Å²) in [6.45, 7) is 2.00. The van der Waals surface area contributed by atoms with Crippen LogP contribution in [0.3, 0.4) is 0 Å². The van der Waals surface area contributed by atoms with Crippen LogP contribution in [0.2, 0.25) is 0 Å². The Morgan fingerprint density at radius 1 is 1.09 bits per heavy atom. The highest BCUT2D eigenvalue weighted by molar-refractivity contribution is 5.69. The quantitative estimate of drug-likeness (QED) is 0.456. The van der Waals surface area contributed by atoms with Crippen molar-refractivity contribution in [3.63, 3.8) is 0 Å². The van der Waals surface area contributed by atoms with Crippen LogP contribution >= 0.6 is 0 Å². The number of anilines is 2. The van der Waals surface area contributed by atoms with Crippen LogP contribution in [-0.4, -0.2) is 36.6 Å². The third-order valence-electron chi connectivity index (χ3n) is 5.88. The Hall–Kier alpha value is -3.65. The van der Waals surface area contributed by atoms with Crippen LogP contribution in [0.4, 0.5) is 17.3 Å². The van der Waals surface area contributed by atoms with Gasteiger partial charge in [0, 0.05) is 42.6 Å². The number of hydrogen-bond acceptors (Lipinski definition) is 7. The Kier molecular flexibility index (Phi) is 5.60. The van der Waals surface area contributed by atoms with Crippen molar-refractivity contribution < 1.29 is 0 Å². The summed E-state index contributed by atoms with van der Waals surface area (Å²) >= 11 is 0. The van der Waals surface area contributed by atoms with Crippen molar-refractivity contribution in [2.45, 2.75) is 38.6 Å². The highest BCUT2D eigenvalue weighted by Crippen LogP contribution is 2.26. The molecule has 0 unspecified atom stereocenters. The van der Waals surface area contributed by atoms with E-state index in [1.165, 1.54) is 0 Å². The van der Waals surface area contributed by atoms with Crippen molar-refractivity contribution in [3.05, 3.63) is 60.8 Å². The number of nitrogens with zero attached hydrogens (tertiary/aromatic N) is 6. The average Bonchev–Trinajstić information content (AvgIpc) is 3.23. The van der Waals surface area contributed by atoms with Gasteiger partial charge in [0.2, 0.25) is 5.95 Å². The van der Waals surface area contributed by atoms with Crippen LogP contribution in [0, 0.1) is 12.8 Å². The third kappa shape index (κ3) is 4.36. The van der Waals surface area contributed by atoms with Gasteiger partial charge < -0.3 is 11.1 Å². The molecular weight excluding hydrogens is 400 g/mol. The summed E-state index contributed by atoms with van der Waals surface area (Å²) in [5.41, 5.74) is 11.4. The van der Waals surface area contributed by atoms with Crippen molar-refractivity contribution in [1.82, 2.24) is 24.3 Å². The minimum atomic E-state index is 0.331. The number of rotatable bonds is 5. The molecule has 0 amide bonds. The standard InChI is InChI=1S/C24H26N8/c1-16-12-28-24(29-13-17-4-6-18(25)7-5-17)31-23(16)21-15-27-22-11-19(8-10-32(21)22)30-20-3-2-9-26-14-20/h2-3,8-15,17-18,30H,4-7,25H2,1H3. The van der Waals surface area contributed by atoms with Gasteiger partial charge in [-0.05, 0) is 62.3 Å². The molecule has 1 fully saturated rings. The van der Waals surface area contributed by atoms with Gasteiger partial charge in [-0.25, -0.2) is 19.9 Å². The molecule has 1 saturated carbocycles. The topological polar surface area (TPSA) is 106 Å². The SMILES string of the molecule is Cc1cnc(N=CC2CCC(N)CC2)nc1-c1cnc2cc(Nc3cccnc3)ccn12. The highest BCUT2D eigenvalue weighted by Gasteiger charge is 2.17. The third-order valence-corrected chi connectivity index (χ3v) is 5.88. The number of fused-ring (bicyclic) bond motifs is 1. The van der Waals surface area contributed by atoms with E-state index in [2.05, 4.69) is 25.3 Å². The van der Waals surface area contributed by atoms with Gasteiger partial charge in [0.05, 0.1) is 29.5 Å². The number of aliphatic imine (C=N–C) groups is 1. The number of pyridine rings is 2. The van der Waals surface area contributed by atoms with Crippen molar-refractivity contribution in [1.29, 1.82) is 0 Å². The maximum atomic E-state index is 6.00. The van der Waals surface area contributed by atoms with Crippen LogP contribution in [0.25, 0.3) is 17.0 Å². The maximum absolute atomic E-state index is 6.00. The summed E-state index contributed by atoms with van der Waals surface area (Å²) in [6, 6.07) is 8.21. The first-order chi connectivity index (χ1) is 15.7. The molecule has 0 saturated heterocycles. The van der Waals surface area contributed by atoms with E-state index < -0.39 is 0 Å². The normalized spacial score (nSPS) is 18.9. The lowest BCUT2D eigenvalue weighted by Crippen LogP contribution is -2.26. The molecule has 5 rings (SSSR count). The Morgan fingerprint density at radius 3 is 2.78 bits per heavy atom. The summed E-state index contributed by atoms with van der Waals surface area (Å²) in [5.74, 6) is 0.926. The van der Waals surface area contributed by atoms with Crippen molar-refractivity contribution in [3.8, 4) is 11.4 Å². The van der Waals surface area contributed by atoms with Crippen LogP contribution in [0.1, 0.15) is 31.2 Å². The molecular formula is C24H26N8. The van der Waals surface area contributed by atoms with Gasteiger partial charge in [-0.15, -0.1) is 0 Å². The molecule has 4 heterocycles. The smallest absolute Gasteiger partial charge is 0.249 e. The van der Waals surface area contributed by atoms with E-state index >= 15 is 0 Å². The van der Waals surface area contributed by atoms with Crippen molar-refractivity contribution >= 4 is 29.2 Å². The first-order valence-corrected chi connectivity index (χ1v) is 10.9. The van der Waals surface area contributed by atoms with Gasteiger partial charge >= 0.3 is 0 Å². The first-order valence-electron chi connectivity index (χ1n) is 10.9. The van der Waals surface area contributed by atoms with Gasteiger partial charge in [-0.3, -0.25) is 9.38 Å². The Morgan fingerprint density at radius 2 is 1.97 bits per heavy atom. The van der Waals surface area contributed by atoms with Gasteiger partial charge in [0.25, 0.3) is 0 Å². The number of hydrogen-bond donors (Lipinski definition) is 2. The molecule has 0 spiro atoms. The molecule has 8 nitrogen and oxygen atoms in total. The number of imidazole rings is 1. The van der Waals surface area contributed by atoms with Crippen molar-refractivity contribution in [2.75, 3.05) is 5.32 Å². The van der Waals surface area contributed by atoms with Crippen molar-refractivity contribution in [2.24, 2.45) is 16.6 Å². The maximum Gasteiger partial charge on any atom is 0.249 e. The fourth-order valence-electron chi connectivity index (χ4n) is 4.06. The summed E-state index contributed by atoms with van der Waals surface area (Å²) in [5, 5.41) is 3.35. The van der Waals surface area contributed by atoms with E-state index in [9.17, 15) is 0 Å². The fourth-order valence-corrected chi connectivity index (χ4v) is 4.06. The van der Waals surface area contributed by atoms with Gasteiger partial charge in [-0.1, -0.05) is 0 Å². The van der Waals surface area contributed by atoms with Gasteiger partial charge in [0.15, 0.2) is 0 Å². The molecule has 0 aliphatic heterocycles. The van der Waals surface area contributed by atoms with Gasteiger partial charge in [0.1, 0.15) is 5.65 Å². The predicted molar refractivity (Wildman–Crippen MR) is 127 cm³/mol. The minimum Gasteiger partial charge on any atom is -0.354 e. The molecule has 4 aromatic heterocycles. The molecule has 4 aromatic rings. The molecule has 8 heteroatoms. The van der Waals surface area contributed by atoms with E-state index in [-0.39, 0.29) is 0 Å². The fraction of sp³-hybridized carbons (Fsp3) is 0.292. The molecule has 1 aliphatic carbocycles. The second-order valence-corrected chi connectivity index (χ2v) is 8.31. The molecule has 0 bridgehead atoms. The van der Waals surface area contributed by atoms with Crippen LogP contribution in [0.5, 0.6) is 0 Å². The molecule has 0 aromatic carbocycles. The highest BCUT2D eigenvalue weighted by atomic mass is 15.1. The van der Waals surface area contributed by atoms with Crippen LogP contribution in [-0.2, 0) is 0 Å². The molecule has 32 heavy (non-hydrogen) atoms. The zero-order valence-electron chi connectivity index (χ0n) is 18.0. The Bertz CT molecular complexity index is 1240. The van der Waals surface area contributed by atoms with E-state index in [0.29, 0.717) is 17.9 Å². The van der Waals surface area contributed by atoms with Crippen LogP contribution in [0.15, 0.2) is 60.2 Å². The Labute approximate surface area is 186 Å². The van der Waals surface area contributed by atoms with E-state index in [0.717, 1.165) is 59.7 Å². The molecule has 3 N–H and O–H groups in total. The summed E-state index contributed by atoms with van der Waals surface area (Å²) in [4.78, 5) is 22.4. The summed E-state index contributed by atoms with van der Waals surface area (Å²) in [7, 11) is 0. The molecule has 0 radical (unpaired) electrons. The zero-order chi connectivity index (χ0) is 21.9. The predicted octanol–water partition coefficient (Wildman–Crippen LogP) is 4.46. The lowest BCUT2D eigenvalue weighted by atomic mass is 9.87. The largest absolute Gasteiger partial charge is 0.354 e. The molecule has 0 atom stereocenters. The zero-order valence-corrected chi connectivity index (χ0v) is 18.0.